The number of piperidine rings is 1. The summed E-state index contributed by atoms with van der Waals surface area (Å²) < 4.78 is 29.6. The maximum absolute atomic E-state index is 12.4. The molecule has 140 valence electrons. The predicted octanol–water partition coefficient (Wildman–Crippen LogP) is 1.09. The molecule has 0 aromatic carbocycles. The molecule has 7 heteroatoms. The number of hydrogen-bond acceptors (Lipinski definition) is 6. The van der Waals surface area contributed by atoms with Gasteiger partial charge >= 0.3 is 0 Å². The molecule has 0 saturated carbocycles. The molecule has 2 aliphatic rings. The Morgan fingerprint density at radius 3 is 2.67 bits per heavy atom. The van der Waals surface area contributed by atoms with Gasteiger partial charge in [-0.15, -0.1) is 0 Å². The van der Waals surface area contributed by atoms with Crippen LogP contribution in [-0.2, 0) is 14.6 Å². The fourth-order valence-corrected chi connectivity index (χ4v) is 5.46. The van der Waals surface area contributed by atoms with Gasteiger partial charge in [0, 0.05) is 50.6 Å². The van der Waals surface area contributed by atoms with Crippen molar-refractivity contribution in [3.8, 4) is 0 Å². The maximum atomic E-state index is 12.4. The fourth-order valence-electron chi connectivity index (χ4n) is 3.80. The summed E-state index contributed by atoms with van der Waals surface area (Å²) in [6.45, 7) is 5.78. The van der Waals surface area contributed by atoms with Crippen LogP contribution < -0.4 is 11.1 Å². The van der Waals surface area contributed by atoms with Crippen LogP contribution in [0.25, 0.3) is 0 Å². The lowest BCUT2D eigenvalue weighted by atomic mass is 9.92. The molecule has 6 nitrogen and oxygen atoms in total. The van der Waals surface area contributed by atoms with Gasteiger partial charge in [0.1, 0.15) is 0 Å². The van der Waals surface area contributed by atoms with E-state index in [1.165, 1.54) is 18.5 Å². The minimum Gasteiger partial charge on any atom is -0.400 e. The molecule has 2 rings (SSSR count). The van der Waals surface area contributed by atoms with Gasteiger partial charge in [0.25, 0.3) is 0 Å². The number of hydrogen-bond donors (Lipinski definition) is 2. The van der Waals surface area contributed by atoms with E-state index in [0.29, 0.717) is 18.8 Å². The van der Waals surface area contributed by atoms with Crippen LogP contribution >= 0.6 is 0 Å². The first-order valence-electron chi connectivity index (χ1n) is 9.14. The number of nitrogens with zero attached hydrogens (tertiary/aromatic N) is 1. The fraction of sp³-hybridized carbons (Fsp3) is 0.882. The standard InChI is InChI=1S/C17H33N3O3S/c1-3-4-5-14-12-19-13-16(18)17(14)20-8-6-15(7-9-20)24(21,22)11-10-23-2/h14-15,19H,3-13,18H2,1-2H3. The zero-order valence-corrected chi connectivity index (χ0v) is 15.9. The molecule has 1 fully saturated rings. The number of unbranched alkanes of at least 4 members (excludes halogenated alkanes) is 1. The van der Waals surface area contributed by atoms with Crippen molar-refractivity contribution in [3.05, 3.63) is 11.4 Å². The Kier molecular flexibility index (Phi) is 7.37. The lowest BCUT2D eigenvalue weighted by Crippen LogP contribution is -2.46. The van der Waals surface area contributed by atoms with Crippen molar-refractivity contribution >= 4 is 9.84 Å². The van der Waals surface area contributed by atoms with E-state index in [1.54, 1.807) is 7.11 Å². The molecule has 0 aliphatic carbocycles. The molecule has 3 N–H and O–H groups in total. The van der Waals surface area contributed by atoms with E-state index in [4.69, 9.17) is 10.5 Å². The van der Waals surface area contributed by atoms with Crippen LogP contribution in [0.2, 0.25) is 0 Å². The van der Waals surface area contributed by atoms with Crippen molar-refractivity contribution in [2.24, 2.45) is 11.7 Å². The minimum atomic E-state index is -3.05. The highest BCUT2D eigenvalue weighted by Crippen LogP contribution is 2.29. The molecule has 0 spiro atoms. The van der Waals surface area contributed by atoms with E-state index in [2.05, 4.69) is 17.1 Å². The third-order valence-corrected chi connectivity index (χ3v) is 7.41. The van der Waals surface area contributed by atoms with Crippen molar-refractivity contribution < 1.29 is 13.2 Å². The van der Waals surface area contributed by atoms with Crippen LogP contribution in [-0.4, -0.2) is 64.2 Å². The van der Waals surface area contributed by atoms with E-state index in [-0.39, 0.29) is 17.6 Å². The molecule has 1 saturated heterocycles. The molecule has 1 unspecified atom stereocenters. The number of likely N-dealkylation sites (tertiary alicyclic amines) is 1. The number of nitrogens with one attached hydrogen (secondary N) is 1. The van der Waals surface area contributed by atoms with E-state index in [0.717, 1.165) is 38.3 Å². The minimum absolute atomic E-state index is 0.127. The van der Waals surface area contributed by atoms with Gasteiger partial charge < -0.3 is 20.7 Å². The Morgan fingerprint density at radius 1 is 1.33 bits per heavy atom. The number of sulfone groups is 1. The highest BCUT2D eigenvalue weighted by Gasteiger charge is 2.33. The SMILES string of the molecule is CCCCC1CNCC(N)=C1N1CCC(S(=O)(=O)CCOC)CC1. The van der Waals surface area contributed by atoms with Gasteiger partial charge in [0.2, 0.25) is 0 Å². The van der Waals surface area contributed by atoms with Crippen molar-refractivity contribution in [1.29, 1.82) is 0 Å². The average molecular weight is 360 g/mol. The van der Waals surface area contributed by atoms with Gasteiger partial charge in [-0.3, -0.25) is 0 Å². The second-order valence-corrected chi connectivity index (χ2v) is 9.33. The summed E-state index contributed by atoms with van der Waals surface area (Å²) in [6.07, 6.45) is 4.91. The zero-order chi connectivity index (χ0) is 17.6. The Morgan fingerprint density at radius 2 is 2.04 bits per heavy atom. The molecule has 0 radical (unpaired) electrons. The van der Waals surface area contributed by atoms with Gasteiger partial charge in [-0.25, -0.2) is 8.42 Å². The molecule has 2 aliphatic heterocycles. The predicted molar refractivity (Wildman–Crippen MR) is 97.4 cm³/mol. The molecular formula is C17H33N3O3S. The first-order chi connectivity index (χ1) is 11.5. The number of rotatable bonds is 8. The molecule has 0 bridgehead atoms. The summed E-state index contributed by atoms with van der Waals surface area (Å²) in [4.78, 5) is 2.35. The van der Waals surface area contributed by atoms with Gasteiger partial charge in [-0.05, 0) is 19.3 Å². The molecule has 0 aromatic rings. The van der Waals surface area contributed by atoms with Crippen molar-refractivity contribution in [2.75, 3.05) is 45.6 Å². The van der Waals surface area contributed by atoms with Crippen LogP contribution in [0.5, 0.6) is 0 Å². The summed E-state index contributed by atoms with van der Waals surface area (Å²) in [5.41, 5.74) is 8.51. The van der Waals surface area contributed by atoms with E-state index >= 15 is 0 Å². The van der Waals surface area contributed by atoms with Gasteiger partial charge in [-0.2, -0.15) is 0 Å². The lowest BCUT2D eigenvalue weighted by Gasteiger charge is -2.40. The van der Waals surface area contributed by atoms with E-state index in [9.17, 15) is 8.42 Å². The van der Waals surface area contributed by atoms with E-state index in [1.807, 2.05) is 0 Å². The molecule has 1 atom stereocenters. The molecule has 0 amide bonds. The van der Waals surface area contributed by atoms with Crippen molar-refractivity contribution in [2.45, 2.75) is 44.3 Å². The van der Waals surface area contributed by atoms with Crippen LogP contribution in [0, 0.1) is 5.92 Å². The quantitative estimate of drug-likeness (QED) is 0.675. The first kappa shape index (κ1) is 19.5. The molecule has 2 heterocycles. The highest BCUT2D eigenvalue weighted by molar-refractivity contribution is 7.92. The first-order valence-corrected chi connectivity index (χ1v) is 10.9. The van der Waals surface area contributed by atoms with Crippen molar-refractivity contribution in [1.82, 2.24) is 10.2 Å². The topological polar surface area (TPSA) is 84.7 Å². The Bertz CT molecular complexity index is 525. The van der Waals surface area contributed by atoms with Crippen LogP contribution in [0.4, 0.5) is 0 Å². The third-order valence-electron chi connectivity index (χ3n) is 5.19. The molecular weight excluding hydrogens is 326 g/mol. The second-order valence-electron chi connectivity index (χ2n) is 6.93. The summed E-state index contributed by atoms with van der Waals surface area (Å²) in [6, 6.07) is 0. The Balaban J connectivity index is 1.99. The zero-order valence-electron chi connectivity index (χ0n) is 15.1. The number of nitrogens with two attached hydrogens (primary N) is 1. The molecule has 24 heavy (non-hydrogen) atoms. The Labute approximate surface area is 146 Å². The second kappa shape index (κ2) is 9.06. The summed E-state index contributed by atoms with van der Waals surface area (Å²) in [5, 5.41) is 3.16. The molecule has 0 aromatic heterocycles. The summed E-state index contributed by atoms with van der Waals surface area (Å²) in [5.74, 6) is 0.586. The van der Waals surface area contributed by atoms with Gasteiger partial charge in [0.15, 0.2) is 9.84 Å². The Hall–Kier alpha value is -0.790. The normalized spacial score (nSPS) is 23.8. The number of methoxy groups -OCH3 is 1. The van der Waals surface area contributed by atoms with Crippen LogP contribution in [0.15, 0.2) is 11.4 Å². The van der Waals surface area contributed by atoms with Crippen LogP contribution in [0.3, 0.4) is 0 Å². The summed E-state index contributed by atoms with van der Waals surface area (Å²) in [7, 11) is -1.51. The summed E-state index contributed by atoms with van der Waals surface area (Å²) >= 11 is 0. The smallest absolute Gasteiger partial charge is 0.155 e. The largest absolute Gasteiger partial charge is 0.400 e. The third kappa shape index (κ3) is 4.86. The van der Waals surface area contributed by atoms with Gasteiger partial charge in [0.05, 0.1) is 17.6 Å². The van der Waals surface area contributed by atoms with Crippen molar-refractivity contribution in [3.63, 3.8) is 0 Å². The lowest BCUT2D eigenvalue weighted by molar-refractivity contribution is 0.215. The highest BCUT2D eigenvalue weighted by atomic mass is 32.2. The van der Waals surface area contributed by atoms with E-state index < -0.39 is 9.84 Å². The number of ether oxygens (including phenoxy) is 1. The monoisotopic (exact) mass is 359 g/mol. The van der Waals surface area contributed by atoms with Crippen LogP contribution in [0.1, 0.15) is 39.0 Å². The van der Waals surface area contributed by atoms with Gasteiger partial charge in [-0.1, -0.05) is 19.8 Å². The average Bonchev–Trinajstić information content (AvgIpc) is 2.58. The maximum Gasteiger partial charge on any atom is 0.155 e.